The number of piperazine rings is 2. The Balaban J connectivity index is 1.26. The Morgan fingerprint density at radius 2 is 1.53 bits per heavy atom. The molecule has 0 radical (unpaired) electrons. The van der Waals surface area contributed by atoms with Crippen LogP contribution in [0.15, 0.2) is 72.8 Å². The average molecular weight is 645 g/mol. The second-order valence-electron chi connectivity index (χ2n) is 13.3. The largest absolute Gasteiger partial charge is 0.508 e. The number of hydrogen-bond donors (Lipinski definition) is 2. The van der Waals surface area contributed by atoms with E-state index in [0.717, 1.165) is 75.1 Å². The maximum atomic E-state index is 13.9. The normalized spacial score (nSPS) is 20.3. The van der Waals surface area contributed by atoms with Gasteiger partial charge in [-0.2, -0.15) is 0 Å². The van der Waals surface area contributed by atoms with E-state index in [2.05, 4.69) is 34.6 Å². The monoisotopic (exact) mass is 644 g/mol. The van der Waals surface area contributed by atoms with Crippen molar-refractivity contribution in [3.05, 3.63) is 101 Å². The van der Waals surface area contributed by atoms with Crippen molar-refractivity contribution in [1.29, 1.82) is 0 Å². The number of unbranched alkanes of at least 4 members (excludes halogenated alkanes) is 3. The minimum atomic E-state index is -0.729. The molecule has 47 heavy (non-hydrogen) atoms. The van der Waals surface area contributed by atoms with Gasteiger partial charge in [-0.15, -0.1) is 0 Å². The number of phenolic OH excluding ortho intramolecular Hbond substituents is 1. The van der Waals surface area contributed by atoms with Gasteiger partial charge in [-0.1, -0.05) is 49.2 Å². The van der Waals surface area contributed by atoms with Crippen LogP contribution in [-0.4, -0.2) is 99.6 Å². The molecule has 0 aromatic heterocycles. The average Bonchev–Trinajstić information content (AvgIpc) is 3.05. The van der Waals surface area contributed by atoms with E-state index in [9.17, 15) is 19.1 Å². The van der Waals surface area contributed by atoms with Crippen LogP contribution in [0.5, 0.6) is 5.75 Å². The third kappa shape index (κ3) is 9.40. The Hall–Kier alpha value is -3.79. The van der Waals surface area contributed by atoms with Gasteiger partial charge < -0.3 is 15.1 Å². The molecule has 0 saturated carbocycles. The zero-order chi connectivity index (χ0) is 33.3. The van der Waals surface area contributed by atoms with Crippen LogP contribution in [0.1, 0.15) is 79.0 Å². The number of nitrogens with zero attached hydrogens (tertiary/aromatic N) is 4. The quantitative estimate of drug-likeness (QED) is 0.221. The van der Waals surface area contributed by atoms with E-state index in [1.54, 1.807) is 18.2 Å². The van der Waals surface area contributed by atoms with Gasteiger partial charge in [-0.25, -0.2) is 4.39 Å². The fourth-order valence-electron chi connectivity index (χ4n) is 7.11. The van der Waals surface area contributed by atoms with Gasteiger partial charge >= 0.3 is 5.97 Å². The third-order valence-corrected chi connectivity index (χ3v) is 9.68. The summed E-state index contributed by atoms with van der Waals surface area (Å²) in [6, 6.07) is 22.4. The first-order valence-electron chi connectivity index (χ1n) is 17.0. The molecule has 3 aromatic carbocycles. The van der Waals surface area contributed by atoms with Crippen LogP contribution in [-0.2, 0) is 11.3 Å². The lowest BCUT2D eigenvalue weighted by atomic mass is 9.92. The van der Waals surface area contributed by atoms with Gasteiger partial charge in [0.15, 0.2) is 0 Å². The summed E-state index contributed by atoms with van der Waals surface area (Å²) in [5, 5.41) is 19.3. The SMILES string of the molecule is C[C@@H]1CN(C(c2cccc(O)c2)c2cccc(C(=O)N3CCN(CCCCCCC(=O)O)CC3)c2)[C@@H](C)CN1Cc1cccc(F)c1. The lowest BCUT2D eigenvalue weighted by molar-refractivity contribution is -0.137. The summed E-state index contributed by atoms with van der Waals surface area (Å²) in [6.45, 7) is 10.7. The van der Waals surface area contributed by atoms with Gasteiger partial charge in [0, 0.05) is 69.9 Å². The molecule has 3 aromatic rings. The van der Waals surface area contributed by atoms with Crippen molar-refractivity contribution in [3.63, 3.8) is 0 Å². The molecule has 0 spiro atoms. The summed E-state index contributed by atoms with van der Waals surface area (Å²) in [5.41, 5.74) is 3.62. The molecule has 0 aliphatic carbocycles. The lowest BCUT2D eigenvalue weighted by Crippen LogP contribution is -2.56. The van der Waals surface area contributed by atoms with E-state index in [4.69, 9.17) is 5.11 Å². The summed E-state index contributed by atoms with van der Waals surface area (Å²) < 4.78 is 13.9. The van der Waals surface area contributed by atoms with Crippen molar-refractivity contribution in [2.45, 2.75) is 70.6 Å². The number of benzene rings is 3. The third-order valence-electron chi connectivity index (χ3n) is 9.68. The van der Waals surface area contributed by atoms with Crippen molar-refractivity contribution in [2.24, 2.45) is 0 Å². The van der Waals surface area contributed by atoms with Crippen LogP contribution in [0.25, 0.3) is 0 Å². The van der Waals surface area contributed by atoms with E-state index in [0.29, 0.717) is 25.2 Å². The minimum absolute atomic E-state index is 0.0381. The number of carboxylic acids is 1. The van der Waals surface area contributed by atoms with Crippen LogP contribution in [0.4, 0.5) is 4.39 Å². The number of amides is 1. The standard InChI is InChI=1S/C38H49FN4O4/c1-28-26-43(29(2)25-42(28)27-30-10-7-14-34(39)22-30)37(32-12-9-15-35(44)24-32)31-11-8-13-33(23-31)38(47)41-20-18-40(19-21-41)17-6-4-3-5-16-36(45)46/h7-15,22-24,28-29,37,44H,3-6,16-21,25-27H2,1-2H3,(H,45,46)/t28-,29+,37?/m1/s1. The number of aliphatic carboxylic acids is 1. The molecule has 2 heterocycles. The molecule has 2 aliphatic heterocycles. The molecule has 8 nitrogen and oxygen atoms in total. The maximum absolute atomic E-state index is 13.9. The number of aromatic hydroxyl groups is 1. The summed E-state index contributed by atoms with van der Waals surface area (Å²) in [6.07, 6.45) is 3.98. The maximum Gasteiger partial charge on any atom is 0.303 e. The van der Waals surface area contributed by atoms with E-state index in [-0.39, 0.29) is 42.0 Å². The van der Waals surface area contributed by atoms with Gasteiger partial charge in [-0.3, -0.25) is 24.3 Å². The highest BCUT2D eigenvalue weighted by Crippen LogP contribution is 2.35. The molecule has 3 atom stereocenters. The molecule has 9 heteroatoms. The van der Waals surface area contributed by atoms with Gasteiger partial charge in [-0.05, 0) is 86.3 Å². The van der Waals surface area contributed by atoms with Crippen molar-refractivity contribution < 1.29 is 24.2 Å². The zero-order valence-electron chi connectivity index (χ0n) is 27.7. The zero-order valence-corrected chi connectivity index (χ0v) is 27.7. The van der Waals surface area contributed by atoms with Crippen molar-refractivity contribution >= 4 is 11.9 Å². The Morgan fingerprint density at radius 3 is 2.26 bits per heavy atom. The van der Waals surface area contributed by atoms with Gasteiger partial charge in [0.25, 0.3) is 5.91 Å². The Morgan fingerprint density at radius 1 is 0.830 bits per heavy atom. The lowest BCUT2D eigenvalue weighted by Gasteiger charge is -2.47. The smallest absolute Gasteiger partial charge is 0.303 e. The number of rotatable bonds is 13. The first-order valence-corrected chi connectivity index (χ1v) is 17.0. The van der Waals surface area contributed by atoms with Gasteiger partial charge in [0.05, 0.1) is 6.04 Å². The molecule has 2 N–H and O–H groups in total. The first-order chi connectivity index (χ1) is 22.7. The number of carboxylic acid groups (broad SMARTS) is 1. The highest BCUT2D eigenvalue weighted by atomic mass is 19.1. The van der Waals surface area contributed by atoms with Crippen LogP contribution >= 0.6 is 0 Å². The number of halogens is 1. The Bertz CT molecular complexity index is 1490. The summed E-state index contributed by atoms with van der Waals surface area (Å²) in [4.78, 5) is 33.7. The number of carbonyl (C=O) groups excluding carboxylic acids is 1. The fraction of sp³-hybridized carbons (Fsp3) is 0.474. The molecule has 5 rings (SSSR count). The van der Waals surface area contributed by atoms with Crippen LogP contribution in [0.3, 0.4) is 0 Å². The molecule has 1 unspecified atom stereocenters. The summed E-state index contributed by atoms with van der Waals surface area (Å²) in [7, 11) is 0. The molecule has 2 saturated heterocycles. The van der Waals surface area contributed by atoms with Crippen molar-refractivity contribution in [2.75, 3.05) is 45.8 Å². The van der Waals surface area contributed by atoms with Crippen LogP contribution in [0.2, 0.25) is 0 Å². The van der Waals surface area contributed by atoms with Crippen LogP contribution < -0.4 is 0 Å². The molecule has 2 fully saturated rings. The summed E-state index contributed by atoms with van der Waals surface area (Å²) in [5.74, 6) is -0.698. The van der Waals surface area contributed by atoms with Gasteiger partial charge in [0.2, 0.25) is 0 Å². The van der Waals surface area contributed by atoms with E-state index < -0.39 is 5.97 Å². The molecular weight excluding hydrogens is 595 g/mol. The molecule has 252 valence electrons. The van der Waals surface area contributed by atoms with E-state index in [1.807, 2.05) is 47.4 Å². The predicted molar refractivity (Wildman–Crippen MR) is 182 cm³/mol. The fourth-order valence-corrected chi connectivity index (χ4v) is 7.11. The molecule has 2 aliphatic rings. The summed E-state index contributed by atoms with van der Waals surface area (Å²) >= 11 is 0. The van der Waals surface area contributed by atoms with Gasteiger partial charge in [0.1, 0.15) is 11.6 Å². The highest BCUT2D eigenvalue weighted by molar-refractivity contribution is 5.94. The number of carbonyl (C=O) groups is 2. The van der Waals surface area contributed by atoms with Crippen LogP contribution in [0, 0.1) is 5.82 Å². The second-order valence-corrected chi connectivity index (χ2v) is 13.3. The topological polar surface area (TPSA) is 87.6 Å². The first kappa shape index (κ1) is 34.5. The highest BCUT2D eigenvalue weighted by Gasteiger charge is 2.35. The Labute approximate surface area is 278 Å². The van der Waals surface area contributed by atoms with E-state index in [1.165, 1.54) is 6.07 Å². The predicted octanol–water partition coefficient (Wildman–Crippen LogP) is 6.01. The van der Waals surface area contributed by atoms with E-state index >= 15 is 0 Å². The van der Waals surface area contributed by atoms with Crippen molar-refractivity contribution in [3.8, 4) is 5.75 Å². The number of phenols is 1. The van der Waals surface area contributed by atoms with Crippen molar-refractivity contribution in [1.82, 2.24) is 19.6 Å². The molecule has 0 bridgehead atoms. The second kappa shape index (κ2) is 16.4. The Kier molecular flexibility index (Phi) is 12.0. The minimum Gasteiger partial charge on any atom is -0.508 e. The molecular formula is C38H49FN4O4. The molecule has 1 amide bonds. The number of hydrogen-bond acceptors (Lipinski definition) is 6.